The van der Waals surface area contributed by atoms with Gasteiger partial charge in [-0.2, -0.15) is 0 Å². The molecule has 0 atom stereocenters. The standard InChI is InChI=1S/C22H19N5O/c1-4-23-17-11-15-14-10-12(27(2)3)7-8-16(14)25-21-18(15)20(26-17)19-13(22(21)28)6-5-9-24-19/h5-11,25H,4H2,1-3H3. The van der Waals surface area contributed by atoms with E-state index in [-0.39, 0.29) is 5.43 Å². The Morgan fingerprint density at radius 2 is 1.93 bits per heavy atom. The molecule has 3 aromatic heterocycles. The highest BCUT2D eigenvalue weighted by molar-refractivity contribution is 6.23. The maximum Gasteiger partial charge on any atom is 0.212 e. The second kappa shape index (κ2) is 5.99. The highest BCUT2D eigenvalue weighted by atomic mass is 16.1. The number of fused-ring (bicyclic) bond motifs is 4. The zero-order chi connectivity index (χ0) is 19.4. The minimum Gasteiger partial charge on any atom is -0.378 e. The van der Waals surface area contributed by atoms with Crippen LogP contribution in [0.4, 0.5) is 5.69 Å². The van der Waals surface area contributed by atoms with E-state index in [0.717, 1.165) is 27.4 Å². The molecule has 2 aromatic carbocycles. The monoisotopic (exact) mass is 369 g/mol. The maximum absolute atomic E-state index is 13.2. The molecular weight excluding hydrogens is 350 g/mol. The van der Waals surface area contributed by atoms with Gasteiger partial charge < -0.3 is 9.88 Å². The fourth-order valence-corrected chi connectivity index (χ4v) is 3.83. The summed E-state index contributed by atoms with van der Waals surface area (Å²) in [4.78, 5) is 32.4. The summed E-state index contributed by atoms with van der Waals surface area (Å²) >= 11 is 0. The quantitative estimate of drug-likeness (QED) is 0.383. The van der Waals surface area contributed by atoms with Crippen LogP contribution < -0.4 is 15.8 Å². The second-order valence-corrected chi connectivity index (χ2v) is 7.08. The lowest BCUT2D eigenvalue weighted by molar-refractivity contribution is 1.02. The summed E-state index contributed by atoms with van der Waals surface area (Å²) in [5.74, 6) is 0. The molecule has 6 nitrogen and oxygen atoms in total. The third kappa shape index (κ3) is 2.27. The van der Waals surface area contributed by atoms with Gasteiger partial charge in [0.2, 0.25) is 5.43 Å². The normalized spacial score (nSPS) is 12.6. The molecule has 0 saturated carbocycles. The molecule has 5 aromatic rings. The first kappa shape index (κ1) is 16.6. The third-order valence-corrected chi connectivity index (χ3v) is 5.15. The van der Waals surface area contributed by atoms with E-state index in [0.29, 0.717) is 34.0 Å². The van der Waals surface area contributed by atoms with Gasteiger partial charge in [0.25, 0.3) is 0 Å². The molecule has 0 saturated heterocycles. The Bertz CT molecular complexity index is 1500. The van der Waals surface area contributed by atoms with Gasteiger partial charge in [-0.25, -0.2) is 4.98 Å². The molecule has 0 unspecified atom stereocenters. The van der Waals surface area contributed by atoms with Crippen LogP contribution in [0.1, 0.15) is 6.92 Å². The van der Waals surface area contributed by atoms with E-state index in [2.05, 4.69) is 25.9 Å². The molecule has 0 bridgehead atoms. The van der Waals surface area contributed by atoms with Crippen molar-refractivity contribution >= 4 is 49.3 Å². The summed E-state index contributed by atoms with van der Waals surface area (Å²) < 4.78 is 0. The number of anilines is 1. The van der Waals surface area contributed by atoms with Gasteiger partial charge in [-0.15, -0.1) is 0 Å². The first-order valence-electron chi connectivity index (χ1n) is 9.27. The molecule has 0 amide bonds. The number of benzene rings is 2. The number of nitrogens with one attached hydrogen (secondary N) is 1. The second-order valence-electron chi connectivity index (χ2n) is 7.08. The number of nitrogens with zero attached hydrogens (tertiary/aromatic N) is 4. The number of H-pyrrole nitrogens is 1. The molecule has 0 aliphatic rings. The highest BCUT2D eigenvalue weighted by Gasteiger charge is 2.17. The third-order valence-electron chi connectivity index (χ3n) is 5.15. The van der Waals surface area contributed by atoms with Gasteiger partial charge in [0.05, 0.1) is 10.9 Å². The molecule has 0 aliphatic carbocycles. The first-order chi connectivity index (χ1) is 13.6. The topological polar surface area (TPSA) is 74.2 Å². The van der Waals surface area contributed by atoms with E-state index in [9.17, 15) is 4.79 Å². The minimum atomic E-state index is -0.0545. The summed E-state index contributed by atoms with van der Waals surface area (Å²) in [7, 11) is 4.03. The zero-order valence-electron chi connectivity index (χ0n) is 15.9. The molecule has 138 valence electrons. The Kier molecular flexibility index (Phi) is 3.55. The predicted molar refractivity (Wildman–Crippen MR) is 114 cm³/mol. The highest BCUT2D eigenvalue weighted by Crippen LogP contribution is 2.32. The molecule has 28 heavy (non-hydrogen) atoms. The number of hydrogen-bond acceptors (Lipinski definition) is 5. The minimum absolute atomic E-state index is 0.0545. The summed E-state index contributed by atoms with van der Waals surface area (Å²) in [6, 6.07) is 11.7. The molecule has 0 aliphatic heterocycles. The van der Waals surface area contributed by atoms with E-state index in [1.165, 1.54) is 0 Å². The fraction of sp³-hybridized carbons (Fsp3) is 0.182. The Morgan fingerprint density at radius 1 is 1.07 bits per heavy atom. The van der Waals surface area contributed by atoms with Crippen molar-refractivity contribution in [3.63, 3.8) is 0 Å². The molecule has 1 N–H and O–H groups in total. The van der Waals surface area contributed by atoms with Gasteiger partial charge in [-0.1, -0.05) is 0 Å². The predicted octanol–water partition coefficient (Wildman–Crippen LogP) is 3.20. The van der Waals surface area contributed by atoms with Crippen molar-refractivity contribution in [3.05, 3.63) is 58.3 Å². The van der Waals surface area contributed by atoms with Crippen LogP contribution in [0, 0.1) is 0 Å². The lowest BCUT2D eigenvalue weighted by atomic mass is 10.0. The van der Waals surface area contributed by atoms with Crippen molar-refractivity contribution in [1.29, 1.82) is 0 Å². The largest absolute Gasteiger partial charge is 0.378 e. The van der Waals surface area contributed by atoms with Crippen LogP contribution in [0.5, 0.6) is 0 Å². The number of aromatic nitrogens is 3. The molecule has 0 fully saturated rings. The lowest BCUT2D eigenvalue weighted by Crippen LogP contribution is -2.13. The van der Waals surface area contributed by atoms with Crippen LogP contribution in [-0.4, -0.2) is 35.6 Å². The van der Waals surface area contributed by atoms with Crippen LogP contribution in [0.2, 0.25) is 0 Å². The van der Waals surface area contributed by atoms with Gasteiger partial charge in [0.15, 0.2) is 0 Å². The van der Waals surface area contributed by atoms with Crippen LogP contribution in [-0.2, 0) is 0 Å². The molecule has 0 radical (unpaired) electrons. The van der Waals surface area contributed by atoms with Crippen LogP contribution >= 0.6 is 0 Å². The van der Waals surface area contributed by atoms with Crippen molar-refractivity contribution in [2.45, 2.75) is 6.92 Å². The van der Waals surface area contributed by atoms with Crippen molar-refractivity contribution in [1.82, 2.24) is 15.0 Å². The Morgan fingerprint density at radius 3 is 2.71 bits per heavy atom. The molecule has 5 rings (SSSR count). The van der Waals surface area contributed by atoms with Crippen molar-refractivity contribution in [3.8, 4) is 0 Å². The van der Waals surface area contributed by atoms with Crippen molar-refractivity contribution in [2.75, 3.05) is 25.5 Å². The van der Waals surface area contributed by atoms with E-state index >= 15 is 0 Å². The molecule has 3 heterocycles. The van der Waals surface area contributed by atoms with Crippen LogP contribution in [0.25, 0.3) is 43.6 Å². The smallest absolute Gasteiger partial charge is 0.212 e. The summed E-state index contributed by atoms with van der Waals surface area (Å²) in [5.41, 5.74) is 4.49. The first-order valence-corrected chi connectivity index (χ1v) is 9.27. The van der Waals surface area contributed by atoms with Gasteiger partial charge in [-0.05, 0) is 48.7 Å². The summed E-state index contributed by atoms with van der Waals surface area (Å²) in [5, 5.41) is 3.38. The SMILES string of the molecule is CCN=c1cc2c3cc(N(C)C)ccc3[nH]c3c(=O)c4cccnc4c(n1)c32. The maximum atomic E-state index is 13.2. The average molecular weight is 369 g/mol. The number of hydrogen-bond donors (Lipinski definition) is 1. The summed E-state index contributed by atoms with van der Waals surface area (Å²) in [6.45, 7) is 2.62. The van der Waals surface area contributed by atoms with Gasteiger partial charge in [-0.3, -0.25) is 14.8 Å². The Hall–Kier alpha value is -3.54. The van der Waals surface area contributed by atoms with E-state index in [1.54, 1.807) is 18.3 Å². The van der Waals surface area contributed by atoms with E-state index in [1.807, 2.05) is 39.2 Å². The van der Waals surface area contributed by atoms with Crippen molar-refractivity contribution < 1.29 is 0 Å². The molecule has 0 spiro atoms. The fourth-order valence-electron chi connectivity index (χ4n) is 3.83. The number of pyridine rings is 3. The van der Waals surface area contributed by atoms with Crippen molar-refractivity contribution in [2.24, 2.45) is 4.99 Å². The van der Waals surface area contributed by atoms with E-state index in [4.69, 9.17) is 4.98 Å². The Balaban J connectivity index is 2.14. The number of rotatable bonds is 2. The van der Waals surface area contributed by atoms with Gasteiger partial charge in [0, 0.05) is 48.8 Å². The number of aromatic amines is 1. The lowest BCUT2D eigenvalue weighted by Gasteiger charge is -2.15. The average Bonchev–Trinajstić information content (AvgIpc) is 2.71. The molecular formula is C22H19N5O. The van der Waals surface area contributed by atoms with Crippen LogP contribution in [0.15, 0.2) is 52.4 Å². The van der Waals surface area contributed by atoms with E-state index < -0.39 is 0 Å². The zero-order valence-corrected chi connectivity index (χ0v) is 15.9. The molecule has 6 heteroatoms. The Labute approximate surface area is 160 Å². The van der Waals surface area contributed by atoms with Crippen LogP contribution in [0.3, 0.4) is 0 Å². The van der Waals surface area contributed by atoms with Gasteiger partial charge in [0.1, 0.15) is 16.5 Å². The summed E-state index contributed by atoms with van der Waals surface area (Å²) in [6.07, 6.45) is 1.70. The van der Waals surface area contributed by atoms with Gasteiger partial charge >= 0.3 is 0 Å².